The Kier molecular flexibility index (Phi) is 6.23. The first-order chi connectivity index (χ1) is 16.5. The van der Waals surface area contributed by atoms with Crippen molar-refractivity contribution in [3.8, 4) is 17.1 Å². The lowest BCUT2D eigenvalue weighted by atomic mass is 10.1. The number of rotatable bonds is 9. The number of thioether (sulfide) groups is 1. The number of nitrogens with zero attached hydrogens (tertiary/aromatic N) is 4. The van der Waals surface area contributed by atoms with Gasteiger partial charge in [-0.25, -0.2) is 0 Å². The Balaban J connectivity index is 1.26. The number of ether oxygens (including phenoxy) is 1. The van der Waals surface area contributed by atoms with Gasteiger partial charge >= 0.3 is 6.61 Å². The molecule has 7 nitrogen and oxygen atoms in total. The van der Waals surface area contributed by atoms with Crippen molar-refractivity contribution in [3.63, 3.8) is 0 Å². The summed E-state index contributed by atoms with van der Waals surface area (Å²) in [5.74, 6) is 1.07. The van der Waals surface area contributed by atoms with Crippen molar-refractivity contribution in [2.45, 2.75) is 37.2 Å². The van der Waals surface area contributed by atoms with Gasteiger partial charge in [-0.15, -0.1) is 10.2 Å². The highest BCUT2D eigenvalue weighted by molar-refractivity contribution is 7.99. The third-order valence-corrected chi connectivity index (χ3v) is 6.65. The molecule has 10 heteroatoms. The van der Waals surface area contributed by atoms with Gasteiger partial charge in [0.1, 0.15) is 5.75 Å². The first kappa shape index (κ1) is 22.4. The fourth-order valence-electron chi connectivity index (χ4n) is 3.85. The van der Waals surface area contributed by atoms with Gasteiger partial charge < -0.3 is 14.6 Å². The molecule has 0 spiro atoms. The van der Waals surface area contributed by atoms with Crippen LogP contribution < -0.4 is 4.74 Å². The van der Waals surface area contributed by atoms with Gasteiger partial charge in [-0.05, 0) is 36.6 Å². The topological polar surface area (TPSA) is 76.0 Å². The average molecular weight is 484 g/mol. The van der Waals surface area contributed by atoms with E-state index >= 15 is 0 Å². The molecule has 1 aliphatic carbocycles. The van der Waals surface area contributed by atoms with E-state index in [1.165, 1.54) is 23.9 Å². The molecule has 0 aliphatic heterocycles. The Labute approximate surface area is 199 Å². The monoisotopic (exact) mass is 483 g/mol. The molecule has 2 aromatic carbocycles. The summed E-state index contributed by atoms with van der Waals surface area (Å²) in [6, 6.07) is 14.7. The molecule has 0 unspecified atom stereocenters. The van der Waals surface area contributed by atoms with Crippen molar-refractivity contribution in [3.05, 3.63) is 60.3 Å². The Hall–Kier alpha value is -3.40. The van der Waals surface area contributed by atoms with E-state index in [1.54, 1.807) is 24.1 Å². The van der Waals surface area contributed by atoms with Crippen LogP contribution in [0.15, 0.2) is 59.9 Å². The summed E-state index contributed by atoms with van der Waals surface area (Å²) in [5, 5.41) is 10.7. The molecule has 176 valence electrons. The normalized spacial score (nSPS) is 13.5. The van der Waals surface area contributed by atoms with Crippen LogP contribution in [0.2, 0.25) is 0 Å². The van der Waals surface area contributed by atoms with E-state index in [9.17, 15) is 13.6 Å². The zero-order chi connectivity index (χ0) is 23.7. The van der Waals surface area contributed by atoms with Gasteiger partial charge in [0.15, 0.2) is 11.0 Å². The lowest BCUT2D eigenvalue weighted by Gasteiger charge is -2.17. The van der Waals surface area contributed by atoms with Crippen molar-refractivity contribution in [2.24, 2.45) is 0 Å². The summed E-state index contributed by atoms with van der Waals surface area (Å²) >= 11 is 1.38. The second-order valence-electron chi connectivity index (χ2n) is 8.22. The average Bonchev–Trinajstić information content (AvgIpc) is 3.44. The quantitative estimate of drug-likeness (QED) is 0.335. The molecular weight excluding hydrogens is 460 g/mol. The first-order valence-electron chi connectivity index (χ1n) is 10.9. The van der Waals surface area contributed by atoms with Crippen molar-refractivity contribution in [1.29, 1.82) is 0 Å². The van der Waals surface area contributed by atoms with Crippen LogP contribution in [0.5, 0.6) is 5.75 Å². The minimum atomic E-state index is -2.86. The van der Waals surface area contributed by atoms with E-state index in [0.717, 1.165) is 45.9 Å². The first-order valence-corrected chi connectivity index (χ1v) is 11.9. The van der Waals surface area contributed by atoms with Crippen LogP contribution in [0.4, 0.5) is 8.78 Å². The van der Waals surface area contributed by atoms with Gasteiger partial charge in [-0.2, -0.15) is 8.78 Å². The number of carbonyl (C=O) groups is 1. The number of benzene rings is 2. The minimum absolute atomic E-state index is 0.0584. The molecule has 0 bridgehead atoms. The lowest BCUT2D eigenvalue weighted by molar-refractivity contribution is -0.127. The fraction of sp³-hybridized carbons (Fsp3) is 0.292. The standard InChI is InChI=1S/C24H23F2N5O2S/c1-30(13-15-6-10-17(11-7-15)33-23(25)26)21(32)14-34-24-29-28-22(31(24)16-8-9-16)19-12-27-20-5-3-2-4-18(19)20/h2-7,10-12,16,23,27H,8-9,13-14H2,1H3. The molecule has 0 saturated heterocycles. The van der Waals surface area contributed by atoms with E-state index in [2.05, 4.69) is 30.6 Å². The molecule has 2 aromatic heterocycles. The number of para-hydroxylation sites is 1. The Bertz CT molecular complexity index is 1300. The van der Waals surface area contributed by atoms with Gasteiger partial charge in [0, 0.05) is 42.3 Å². The fourth-order valence-corrected chi connectivity index (χ4v) is 4.80. The molecule has 5 rings (SSSR count). The van der Waals surface area contributed by atoms with Crippen molar-refractivity contribution in [2.75, 3.05) is 12.8 Å². The van der Waals surface area contributed by atoms with Gasteiger partial charge in [0.25, 0.3) is 0 Å². The van der Waals surface area contributed by atoms with Crippen LogP contribution in [0.25, 0.3) is 22.3 Å². The summed E-state index contributed by atoms with van der Waals surface area (Å²) in [6.45, 7) is -2.49. The van der Waals surface area contributed by atoms with Gasteiger partial charge in [-0.3, -0.25) is 9.36 Å². The van der Waals surface area contributed by atoms with E-state index in [1.807, 2.05) is 24.4 Å². The maximum absolute atomic E-state index is 12.8. The highest BCUT2D eigenvalue weighted by atomic mass is 32.2. The number of aromatic nitrogens is 4. The molecule has 34 heavy (non-hydrogen) atoms. The maximum Gasteiger partial charge on any atom is 0.387 e. The summed E-state index contributed by atoms with van der Waals surface area (Å²) < 4.78 is 31.1. The SMILES string of the molecule is CN(Cc1ccc(OC(F)F)cc1)C(=O)CSc1nnc(-c2c[nH]c3ccccc23)n1C1CC1. The van der Waals surface area contributed by atoms with Crippen LogP contribution in [-0.2, 0) is 11.3 Å². The Morgan fingerprint density at radius 2 is 1.97 bits per heavy atom. The smallest absolute Gasteiger partial charge is 0.387 e. The van der Waals surface area contributed by atoms with Crippen LogP contribution in [-0.4, -0.2) is 50.0 Å². The number of amides is 1. The van der Waals surface area contributed by atoms with E-state index in [-0.39, 0.29) is 17.4 Å². The summed E-state index contributed by atoms with van der Waals surface area (Å²) in [5.41, 5.74) is 2.87. The molecule has 4 aromatic rings. The second-order valence-corrected chi connectivity index (χ2v) is 9.16. The molecule has 2 heterocycles. The Morgan fingerprint density at radius 1 is 1.21 bits per heavy atom. The lowest BCUT2D eigenvalue weighted by Crippen LogP contribution is -2.27. The van der Waals surface area contributed by atoms with E-state index in [4.69, 9.17) is 0 Å². The van der Waals surface area contributed by atoms with Gasteiger partial charge in [-0.1, -0.05) is 42.1 Å². The number of halogens is 2. The highest BCUT2D eigenvalue weighted by Crippen LogP contribution is 2.42. The minimum Gasteiger partial charge on any atom is -0.435 e. The molecule has 1 N–H and O–H groups in total. The number of hydrogen-bond acceptors (Lipinski definition) is 5. The van der Waals surface area contributed by atoms with Crippen molar-refractivity contribution >= 4 is 28.6 Å². The summed E-state index contributed by atoms with van der Waals surface area (Å²) in [7, 11) is 1.72. The summed E-state index contributed by atoms with van der Waals surface area (Å²) in [4.78, 5) is 17.7. The zero-order valence-corrected chi connectivity index (χ0v) is 19.3. The van der Waals surface area contributed by atoms with E-state index in [0.29, 0.717) is 12.6 Å². The van der Waals surface area contributed by atoms with Crippen LogP contribution in [0.3, 0.4) is 0 Å². The number of carbonyl (C=O) groups excluding carboxylic acids is 1. The third kappa shape index (κ3) is 4.77. The van der Waals surface area contributed by atoms with Crippen LogP contribution in [0.1, 0.15) is 24.4 Å². The predicted octanol–water partition coefficient (Wildman–Crippen LogP) is 5.11. The largest absolute Gasteiger partial charge is 0.435 e. The molecule has 0 atom stereocenters. The van der Waals surface area contributed by atoms with Gasteiger partial charge in [0.2, 0.25) is 5.91 Å². The van der Waals surface area contributed by atoms with E-state index < -0.39 is 6.61 Å². The van der Waals surface area contributed by atoms with Gasteiger partial charge in [0.05, 0.1) is 5.75 Å². The number of nitrogens with one attached hydrogen (secondary N) is 1. The molecule has 1 saturated carbocycles. The Morgan fingerprint density at radius 3 is 2.71 bits per heavy atom. The molecule has 1 amide bonds. The molecular formula is C24H23F2N5O2S. The molecule has 0 radical (unpaired) electrons. The number of hydrogen-bond donors (Lipinski definition) is 1. The predicted molar refractivity (Wildman–Crippen MR) is 126 cm³/mol. The van der Waals surface area contributed by atoms with Crippen molar-refractivity contribution in [1.82, 2.24) is 24.6 Å². The number of aromatic amines is 1. The number of alkyl halides is 2. The maximum atomic E-state index is 12.8. The highest BCUT2D eigenvalue weighted by Gasteiger charge is 2.31. The number of H-pyrrole nitrogens is 1. The molecule has 1 aliphatic rings. The van der Waals surface area contributed by atoms with Crippen LogP contribution >= 0.6 is 11.8 Å². The van der Waals surface area contributed by atoms with Crippen LogP contribution in [0, 0.1) is 0 Å². The van der Waals surface area contributed by atoms with Crippen molar-refractivity contribution < 1.29 is 18.3 Å². The third-order valence-electron chi connectivity index (χ3n) is 5.73. The zero-order valence-electron chi connectivity index (χ0n) is 18.4. The second kappa shape index (κ2) is 9.46. The molecule has 1 fully saturated rings. The number of fused-ring (bicyclic) bond motifs is 1. The summed E-state index contributed by atoms with van der Waals surface area (Å²) in [6.07, 6.45) is 4.10.